The molecule has 0 fully saturated rings. The van der Waals surface area contributed by atoms with Crippen molar-refractivity contribution in [3.8, 4) is 11.1 Å². The third-order valence-electron chi connectivity index (χ3n) is 6.08. The van der Waals surface area contributed by atoms with E-state index in [1.165, 1.54) is 0 Å². The maximum Gasteiger partial charge on any atom is 0.407 e. The SMILES string of the molecule is CCC(O)CCCNC(=O)C(CCC(=O)O)NC(=O)OCC1c2ccccc2-c2ccccc21. The summed E-state index contributed by atoms with van der Waals surface area (Å²) in [5.41, 5.74) is 4.37. The molecule has 2 aromatic rings. The lowest BCUT2D eigenvalue weighted by Crippen LogP contribution is -2.47. The van der Waals surface area contributed by atoms with Gasteiger partial charge in [-0.3, -0.25) is 9.59 Å². The second-order valence-electron chi connectivity index (χ2n) is 8.45. The Hall–Kier alpha value is -3.39. The first-order valence-corrected chi connectivity index (χ1v) is 11.7. The fraction of sp³-hybridized carbons (Fsp3) is 0.423. The van der Waals surface area contributed by atoms with Gasteiger partial charge in [0.2, 0.25) is 5.91 Å². The largest absolute Gasteiger partial charge is 0.481 e. The van der Waals surface area contributed by atoms with Crippen LogP contribution in [-0.4, -0.2) is 53.5 Å². The summed E-state index contributed by atoms with van der Waals surface area (Å²) in [7, 11) is 0. The van der Waals surface area contributed by atoms with Gasteiger partial charge in [0.05, 0.1) is 6.10 Å². The molecule has 2 amide bonds. The molecule has 4 N–H and O–H groups in total. The van der Waals surface area contributed by atoms with Gasteiger partial charge in [-0.25, -0.2) is 4.79 Å². The van der Waals surface area contributed by atoms with E-state index in [2.05, 4.69) is 10.6 Å². The fourth-order valence-corrected chi connectivity index (χ4v) is 4.20. The van der Waals surface area contributed by atoms with Gasteiger partial charge < -0.3 is 25.6 Å². The van der Waals surface area contributed by atoms with Crippen LogP contribution in [0.3, 0.4) is 0 Å². The highest BCUT2D eigenvalue weighted by Crippen LogP contribution is 2.44. The number of carbonyl (C=O) groups is 3. The smallest absolute Gasteiger partial charge is 0.407 e. The van der Waals surface area contributed by atoms with Crippen molar-refractivity contribution >= 4 is 18.0 Å². The Bertz CT molecular complexity index is 963. The van der Waals surface area contributed by atoms with Crippen molar-refractivity contribution in [2.45, 2.75) is 57.1 Å². The maximum atomic E-state index is 12.6. The van der Waals surface area contributed by atoms with Crippen molar-refractivity contribution in [2.75, 3.05) is 13.2 Å². The Morgan fingerprint density at radius 1 is 1.00 bits per heavy atom. The number of hydrogen-bond donors (Lipinski definition) is 4. The molecule has 1 aliphatic carbocycles. The molecule has 8 nitrogen and oxygen atoms in total. The molecule has 0 aliphatic heterocycles. The number of carboxylic acid groups (broad SMARTS) is 1. The molecule has 2 atom stereocenters. The van der Waals surface area contributed by atoms with Gasteiger partial charge in [-0.05, 0) is 47.9 Å². The lowest BCUT2D eigenvalue weighted by molar-refractivity contribution is -0.137. The third-order valence-corrected chi connectivity index (χ3v) is 6.08. The van der Waals surface area contributed by atoms with Gasteiger partial charge in [0, 0.05) is 18.9 Å². The van der Waals surface area contributed by atoms with Crippen LogP contribution >= 0.6 is 0 Å². The summed E-state index contributed by atoms with van der Waals surface area (Å²) in [4.78, 5) is 36.1. The highest BCUT2D eigenvalue weighted by Gasteiger charge is 2.30. The Morgan fingerprint density at radius 2 is 1.62 bits per heavy atom. The molecule has 0 saturated carbocycles. The van der Waals surface area contributed by atoms with Crippen LogP contribution in [0.5, 0.6) is 0 Å². The first-order valence-electron chi connectivity index (χ1n) is 11.7. The minimum absolute atomic E-state index is 0.0526. The lowest BCUT2D eigenvalue weighted by Gasteiger charge is -2.19. The first-order chi connectivity index (χ1) is 16.4. The van der Waals surface area contributed by atoms with Crippen LogP contribution in [-0.2, 0) is 14.3 Å². The Labute approximate surface area is 199 Å². The minimum atomic E-state index is -1.06. The zero-order valence-corrected chi connectivity index (χ0v) is 19.3. The van der Waals surface area contributed by atoms with Gasteiger partial charge in [-0.15, -0.1) is 0 Å². The molecule has 2 aromatic carbocycles. The average Bonchev–Trinajstić information content (AvgIpc) is 3.16. The molecular formula is C26H32N2O6. The van der Waals surface area contributed by atoms with Gasteiger partial charge in [0.1, 0.15) is 12.6 Å². The van der Waals surface area contributed by atoms with Crippen LogP contribution in [0.2, 0.25) is 0 Å². The van der Waals surface area contributed by atoms with E-state index >= 15 is 0 Å². The summed E-state index contributed by atoms with van der Waals surface area (Å²) in [6.07, 6.45) is 0.262. The Kier molecular flexibility index (Phi) is 9.04. The third kappa shape index (κ3) is 6.57. The van der Waals surface area contributed by atoms with Gasteiger partial charge in [-0.2, -0.15) is 0 Å². The molecule has 1 aliphatic rings. The van der Waals surface area contributed by atoms with Crippen molar-refractivity contribution in [1.29, 1.82) is 0 Å². The Balaban J connectivity index is 1.58. The molecule has 182 valence electrons. The van der Waals surface area contributed by atoms with E-state index in [0.717, 1.165) is 22.3 Å². The molecule has 0 radical (unpaired) electrons. The summed E-state index contributed by atoms with van der Waals surface area (Å²) in [6, 6.07) is 14.9. The van der Waals surface area contributed by atoms with E-state index in [9.17, 15) is 19.5 Å². The molecule has 3 rings (SSSR count). The van der Waals surface area contributed by atoms with Gasteiger partial charge >= 0.3 is 12.1 Å². The standard InChI is InChI=1S/C26H32N2O6/c1-2-17(29)8-7-15-27-25(32)23(13-14-24(30)31)28-26(33)34-16-22-20-11-5-3-9-18(20)19-10-4-6-12-21(19)22/h3-6,9-12,17,22-23,29H,2,7-8,13-16H2,1H3,(H,27,32)(H,28,33)(H,30,31). The highest BCUT2D eigenvalue weighted by atomic mass is 16.5. The first kappa shape index (κ1) is 25.2. The number of alkyl carbamates (subject to hydrolysis) is 1. The highest BCUT2D eigenvalue weighted by molar-refractivity contribution is 5.86. The molecule has 0 spiro atoms. The number of carbonyl (C=O) groups excluding carboxylic acids is 2. The molecule has 8 heteroatoms. The van der Waals surface area contributed by atoms with E-state index < -0.39 is 30.1 Å². The van der Waals surface area contributed by atoms with Gasteiger partial charge in [0.25, 0.3) is 0 Å². The second-order valence-corrected chi connectivity index (χ2v) is 8.45. The quantitative estimate of drug-likeness (QED) is 0.354. The summed E-state index contributed by atoms with van der Waals surface area (Å²) in [5.74, 6) is -1.65. The number of fused-ring (bicyclic) bond motifs is 3. The van der Waals surface area contributed by atoms with Crippen LogP contribution in [0.15, 0.2) is 48.5 Å². The monoisotopic (exact) mass is 468 g/mol. The topological polar surface area (TPSA) is 125 Å². The van der Waals surface area contributed by atoms with E-state index in [-0.39, 0.29) is 25.4 Å². The number of hydrogen-bond acceptors (Lipinski definition) is 5. The molecular weight excluding hydrogens is 436 g/mol. The van der Waals surface area contributed by atoms with E-state index in [1.807, 2.05) is 55.5 Å². The predicted octanol–water partition coefficient (Wildman–Crippen LogP) is 3.43. The van der Waals surface area contributed by atoms with Gasteiger partial charge in [0.15, 0.2) is 0 Å². The molecule has 0 saturated heterocycles. The summed E-state index contributed by atoms with van der Waals surface area (Å²) < 4.78 is 5.49. The number of ether oxygens (including phenoxy) is 1. The normalized spacial score (nSPS) is 13.9. The van der Waals surface area contributed by atoms with E-state index in [0.29, 0.717) is 25.8 Å². The fourth-order valence-electron chi connectivity index (χ4n) is 4.20. The molecule has 34 heavy (non-hydrogen) atoms. The minimum Gasteiger partial charge on any atom is -0.481 e. The molecule has 0 bridgehead atoms. The number of aliphatic hydroxyl groups is 1. The number of carboxylic acids is 1. The van der Waals surface area contributed by atoms with Crippen LogP contribution in [0.25, 0.3) is 11.1 Å². The average molecular weight is 469 g/mol. The molecule has 0 aromatic heterocycles. The van der Waals surface area contributed by atoms with Gasteiger partial charge in [-0.1, -0.05) is 55.5 Å². The second kappa shape index (κ2) is 12.2. The zero-order chi connectivity index (χ0) is 24.5. The number of amides is 2. The summed E-state index contributed by atoms with van der Waals surface area (Å²) >= 11 is 0. The van der Waals surface area contributed by atoms with Crippen LogP contribution in [0.4, 0.5) is 4.79 Å². The molecule has 0 heterocycles. The van der Waals surface area contributed by atoms with Crippen molar-refractivity contribution in [3.05, 3.63) is 59.7 Å². The van der Waals surface area contributed by atoms with Crippen molar-refractivity contribution in [2.24, 2.45) is 0 Å². The van der Waals surface area contributed by atoms with Crippen LogP contribution in [0.1, 0.15) is 56.1 Å². The lowest BCUT2D eigenvalue weighted by atomic mass is 9.98. The summed E-state index contributed by atoms with van der Waals surface area (Å²) in [6.45, 7) is 2.30. The Morgan fingerprint density at radius 3 is 2.21 bits per heavy atom. The maximum absolute atomic E-state index is 12.6. The zero-order valence-electron chi connectivity index (χ0n) is 19.3. The summed E-state index contributed by atoms with van der Waals surface area (Å²) in [5, 5.41) is 23.8. The number of rotatable bonds is 12. The van der Waals surface area contributed by atoms with Crippen molar-refractivity contribution < 1.29 is 29.3 Å². The van der Waals surface area contributed by atoms with E-state index in [1.54, 1.807) is 0 Å². The number of nitrogens with one attached hydrogen (secondary N) is 2. The van der Waals surface area contributed by atoms with Crippen LogP contribution < -0.4 is 10.6 Å². The van der Waals surface area contributed by atoms with Crippen molar-refractivity contribution in [3.63, 3.8) is 0 Å². The van der Waals surface area contributed by atoms with Crippen molar-refractivity contribution in [1.82, 2.24) is 10.6 Å². The van der Waals surface area contributed by atoms with E-state index in [4.69, 9.17) is 9.84 Å². The predicted molar refractivity (Wildman–Crippen MR) is 127 cm³/mol. The number of benzene rings is 2. The number of aliphatic carboxylic acids is 1. The molecule has 2 unspecified atom stereocenters. The van der Waals surface area contributed by atoms with Crippen LogP contribution in [0, 0.1) is 0 Å². The number of aliphatic hydroxyl groups excluding tert-OH is 1.